The number of benzene rings is 7. The van der Waals surface area contributed by atoms with Crippen molar-refractivity contribution in [3.8, 4) is 11.1 Å². The first-order valence-corrected chi connectivity index (χ1v) is 17.9. The predicted octanol–water partition coefficient (Wildman–Crippen LogP) is 12.0. The Balaban J connectivity index is 1.38. The molecule has 0 amide bonds. The van der Waals surface area contributed by atoms with Crippen LogP contribution in [0.4, 0.5) is 0 Å². The van der Waals surface area contributed by atoms with Gasteiger partial charge in [0.25, 0.3) is 0 Å². The van der Waals surface area contributed by atoms with E-state index in [2.05, 4.69) is 144 Å². The Morgan fingerprint density at radius 1 is 0.444 bits per heavy atom. The number of hydrogen-bond acceptors (Lipinski definition) is 1. The third kappa shape index (κ3) is 3.18. The van der Waals surface area contributed by atoms with Crippen LogP contribution in [-0.4, -0.2) is 18.9 Å². The number of hydrogen-bond donors (Lipinski definition) is 0. The summed E-state index contributed by atoms with van der Waals surface area (Å²) in [6.07, 6.45) is 0. The van der Waals surface area contributed by atoms with Gasteiger partial charge in [0.1, 0.15) is 0 Å². The molecule has 1 nitrogen and oxygen atoms in total. The minimum atomic E-state index is 0.299. The summed E-state index contributed by atoms with van der Waals surface area (Å²) in [6.45, 7) is 0. The third-order valence-electron chi connectivity index (χ3n) is 9.75. The maximum atomic E-state index is 2.56. The quantitative estimate of drug-likeness (QED) is 0.156. The Morgan fingerprint density at radius 2 is 1.13 bits per heavy atom. The fourth-order valence-corrected chi connectivity index (χ4v) is 11.6. The summed E-state index contributed by atoms with van der Waals surface area (Å²) >= 11 is 2.21. The third-order valence-corrected chi connectivity index (χ3v) is 13.4. The average Bonchev–Trinajstić information content (AvgIpc) is 3.77. The van der Waals surface area contributed by atoms with Crippen molar-refractivity contribution in [2.24, 2.45) is 0 Å². The van der Waals surface area contributed by atoms with Gasteiger partial charge >= 0.3 is 263 Å². The molecule has 0 radical (unpaired) electrons. The molecule has 7 aromatic carbocycles. The van der Waals surface area contributed by atoms with Crippen LogP contribution in [0.25, 0.3) is 99.5 Å². The summed E-state index contributed by atoms with van der Waals surface area (Å²) in [6, 6.07) is 52.5. The molecular formula is C42H23NSSe. The van der Waals surface area contributed by atoms with E-state index < -0.39 is 0 Å². The Labute approximate surface area is 267 Å². The van der Waals surface area contributed by atoms with Crippen molar-refractivity contribution >= 4 is 114 Å². The Bertz CT molecular complexity index is 3030. The van der Waals surface area contributed by atoms with Crippen molar-refractivity contribution in [1.82, 2.24) is 4.40 Å². The van der Waals surface area contributed by atoms with Gasteiger partial charge in [0, 0.05) is 0 Å². The van der Waals surface area contributed by atoms with Crippen molar-refractivity contribution in [2.75, 3.05) is 0 Å². The monoisotopic (exact) mass is 653 g/mol. The zero-order valence-electron chi connectivity index (χ0n) is 24.0. The summed E-state index contributed by atoms with van der Waals surface area (Å²) < 4.78 is 8.23. The van der Waals surface area contributed by atoms with Crippen molar-refractivity contribution in [3.05, 3.63) is 140 Å². The van der Waals surface area contributed by atoms with Crippen molar-refractivity contribution in [1.29, 1.82) is 0 Å². The molecule has 0 atom stereocenters. The molecule has 0 bridgehead atoms. The number of fused-ring (bicyclic) bond motifs is 11. The SMILES string of the molecule is c1ccc2c(c1)[se]c1c(-c3ccc4c(c3)c3ccc5sc6cccc7c8ccccc8c8ccccc8n4c3c5c67)cccc12. The molecule has 0 N–H and O–H groups in total. The van der Waals surface area contributed by atoms with E-state index in [0.29, 0.717) is 14.5 Å². The van der Waals surface area contributed by atoms with Crippen LogP contribution in [0.2, 0.25) is 0 Å². The van der Waals surface area contributed by atoms with Crippen molar-refractivity contribution < 1.29 is 0 Å². The number of nitrogens with zero attached hydrogens (tertiary/aromatic N) is 1. The molecule has 0 aliphatic rings. The summed E-state index contributed by atoms with van der Waals surface area (Å²) in [5.74, 6) is 0. The molecule has 4 heterocycles. The van der Waals surface area contributed by atoms with E-state index in [1.165, 1.54) is 99.5 Å². The number of rotatable bonds is 1. The van der Waals surface area contributed by atoms with Crippen LogP contribution in [0.1, 0.15) is 0 Å². The van der Waals surface area contributed by atoms with Crippen LogP contribution < -0.4 is 0 Å². The summed E-state index contributed by atoms with van der Waals surface area (Å²) in [7, 11) is 0. The fourth-order valence-electron chi connectivity index (χ4n) is 7.87. The number of thiophene rings is 1. The number of para-hydroxylation sites is 1. The van der Waals surface area contributed by atoms with Gasteiger partial charge in [-0.2, -0.15) is 0 Å². The molecule has 0 saturated carbocycles. The van der Waals surface area contributed by atoms with Crippen LogP contribution in [0.5, 0.6) is 0 Å². The molecule has 0 aliphatic carbocycles. The van der Waals surface area contributed by atoms with Gasteiger partial charge in [0.05, 0.1) is 0 Å². The summed E-state index contributed by atoms with van der Waals surface area (Å²) in [5.41, 5.74) is 6.47. The van der Waals surface area contributed by atoms with Crippen LogP contribution in [0.3, 0.4) is 0 Å². The van der Waals surface area contributed by atoms with E-state index in [9.17, 15) is 0 Å². The predicted molar refractivity (Wildman–Crippen MR) is 198 cm³/mol. The second kappa shape index (κ2) is 8.84. The Hall–Kier alpha value is -4.92. The summed E-state index contributed by atoms with van der Waals surface area (Å²) in [4.78, 5) is 0. The molecule has 4 aromatic heterocycles. The van der Waals surface area contributed by atoms with E-state index in [-0.39, 0.29) is 0 Å². The van der Waals surface area contributed by atoms with Gasteiger partial charge in [-0.3, -0.25) is 0 Å². The van der Waals surface area contributed by atoms with Crippen molar-refractivity contribution in [2.45, 2.75) is 0 Å². The second-order valence-electron chi connectivity index (χ2n) is 12.0. The molecule has 0 saturated heterocycles. The van der Waals surface area contributed by atoms with E-state index in [4.69, 9.17) is 0 Å². The first-order chi connectivity index (χ1) is 22.3. The van der Waals surface area contributed by atoms with Gasteiger partial charge in [-0.15, -0.1) is 0 Å². The number of aromatic nitrogens is 1. The molecule has 45 heavy (non-hydrogen) atoms. The zero-order valence-corrected chi connectivity index (χ0v) is 26.6. The van der Waals surface area contributed by atoms with Gasteiger partial charge in [-0.25, -0.2) is 0 Å². The van der Waals surface area contributed by atoms with E-state index >= 15 is 0 Å². The van der Waals surface area contributed by atoms with E-state index in [1.807, 2.05) is 11.3 Å². The molecule has 11 aromatic rings. The molecule has 0 spiro atoms. The Morgan fingerprint density at radius 3 is 2.04 bits per heavy atom. The molecule has 11 rings (SSSR count). The standard InChI is InChI=1S/C42H23NSSe/c1-2-10-27-26(9-1)28-11-3-5-16-34(28)43-35-21-19-24(25-13-7-15-32-29-12-4-6-18-38(29)45-42(25)32)23-33(35)31-20-22-37-40(41(31)43)39-30(27)14-8-17-36(39)44-37/h1-23H. The van der Waals surface area contributed by atoms with Crippen LogP contribution in [-0.2, 0) is 0 Å². The molecule has 208 valence electrons. The molecular weight excluding hydrogens is 629 g/mol. The van der Waals surface area contributed by atoms with E-state index in [1.54, 1.807) is 0 Å². The second-order valence-corrected chi connectivity index (χ2v) is 15.3. The first kappa shape index (κ1) is 24.4. The van der Waals surface area contributed by atoms with Crippen LogP contribution in [0.15, 0.2) is 140 Å². The summed E-state index contributed by atoms with van der Waals surface area (Å²) in [5, 5.41) is 13.3. The van der Waals surface area contributed by atoms with Crippen LogP contribution >= 0.6 is 11.3 Å². The fraction of sp³-hybridized carbons (Fsp3) is 0. The van der Waals surface area contributed by atoms with Gasteiger partial charge in [-0.1, -0.05) is 6.07 Å². The molecule has 0 fully saturated rings. The first-order valence-electron chi connectivity index (χ1n) is 15.4. The van der Waals surface area contributed by atoms with Gasteiger partial charge in [-0.05, 0) is 0 Å². The van der Waals surface area contributed by atoms with Gasteiger partial charge in [0.15, 0.2) is 0 Å². The van der Waals surface area contributed by atoms with Crippen LogP contribution in [0, 0.1) is 0 Å². The Kier molecular flexibility index (Phi) is 4.79. The normalized spacial score (nSPS) is 12.4. The zero-order chi connectivity index (χ0) is 29.2. The molecule has 0 aliphatic heterocycles. The molecule has 0 unspecified atom stereocenters. The topological polar surface area (TPSA) is 4.41 Å². The van der Waals surface area contributed by atoms with Gasteiger partial charge in [0.2, 0.25) is 0 Å². The maximum absolute atomic E-state index is 2.56. The van der Waals surface area contributed by atoms with Crippen molar-refractivity contribution in [3.63, 3.8) is 0 Å². The molecule has 3 heteroatoms. The minimum absolute atomic E-state index is 0.299. The average molecular weight is 653 g/mol. The van der Waals surface area contributed by atoms with Gasteiger partial charge < -0.3 is 0 Å². The van der Waals surface area contributed by atoms with E-state index in [0.717, 1.165) is 0 Å².